The summed E-state index contributed by atoms with van der Waals surface area (Å²) in [4.78, 5) is 14.0. The van der Waals surface area contributed by atoms with Crippen LogP contribution in [0.15, 0.2) is 0 Å². The molecule has 0 atom stereocenters. The second-order valence-corrected chi connectivity index (χ2v) is 4.41. The molecular weight excluding hydrogens is 235 g/mol. The highest BCUT2D eigenvalue weighted by Crippen LogP contribution is 2.49. The first kappa shape index (κ1) is 15.0. The van der Waals surface area contributed by atoms with Crippen LogP contribution in [0, 0.1) is 0 Å². The van der Waals surface area contributed by atoms with Gasteiger partial charge in [-0.25, -0.2) is 9.36 Å². The van der Waals surface area contributed by atoms with E-state index in [9.17, 15) is 9.36 Å². The molecule has 0 saturated heterocycles. The van der Waals surface area contributed by atoms with E-state index in [1.54, 1.807) is 20.8 Å². The summed E-state index contributed by atoms with van der Waals surface area (Å²) >= 11 is 0. The molecule has 8 heteroatoms. The van der Waals surface area contributed by atoms with Gasteiger partial charge in [-0.05, 0) is 20.8 Å². The SMILES string of the molecule is CCOC(=O)C(=[N+]=[N-])P(=O)(OCC)OCC. The van der Waals surface area contributed by atoms with E-state index in [-0.39, 0.29) is 19.8 Å². The Morgan fingerprint density at radius 3 is 2.00 bits per heavy atom. The Balaban J connectivity index is 5.09. The van der Waals surface area contributed by atoms with Crippen LogP contribution in [0.5, 0.6) is 0 Å². The fourth-order valence-corrected chi connectivity index (χ4v) is 2.30. The Bertz CT molecular complexity index is 327. The lowest BCUT2D eigenvalue weighted by atomic mass is 10.7. The third kappa shape index (κ3) is 3.87. The molecule has 0 saturated carbocycles. The number of rotatable bonds is 7. The fourth-order valence-electron chi connectivity index (χ4n) is 0.903. The molecule has 0 aliphatic carbocycles. The Morgan fingerprint density at radius 2 is 1.69 bits per heavy atom. The maximum atomic E-state index is 12.0. The van der Waals surface area contributed by atoms with Crippen molar-refractivity contribution in [3.8, 4) is 0 Å². The number of hydrogen-bond donors (Lipinski definition) is 0. The monoisotopic (exact) mass is 250 g/mol. The lowest BCUT2D eigenvalue weighted by Crippen LogP contribution is -2.21. The van der Waals surface area contributed by atoms with E-state index in [0.717, 1.165) is 0 Å². The van der Waals surface area contributed by atoms with Crippen molar-refractivity contribution in [2.45, 2.75) is 20.8 Å². The second-order valence-electron chi connectivity index (χ2n) is 2.48. The van der Waals surface area contributed by atoms with Gasteiger partial charge in [0.25, 0.3) is 0 Å². The molecule has 0 N–H and O–H groups in total. The maximum absolute atomic E-state index is 12.0. The van der Waals surface area contributed by atoms with Gasteiger partial charge in [0.15, 0.2) is 0 Å². The minimum atomic E-state index is -3.89. The molecule has 0 unspecified atom stereocenters. The molecule has 0 aliphatic rings. The summed E-state index contributed by atoms with van der Waals surface area (Å²) in [6.45, 7) is 4.89. The lowest BCUT2D eigenvalue weighted by molar-refractivity contribution is -0.139. The van der Waals surface area contributed by atoms with E-state index in [2.05, 4.69) is 9.53 Å². The van der Waals surface area contributed by atoms with Crippen molar-refractivity contribution < 1.29 is 27.9 Å². The van der Waals surface area contributed by atoms with Crippen molar-refractivity contribution in [2.24, 2.45) is 0 Å². The summed E-state index contributed by atoms with van der Waals surface area (Å²) in [5.74, 6) is -1.02. The van der Waals surface area contributed by atoms with Gasteiger partial charge in [-0.3, -0.25) is 0 Å². The zero-order valence-corrected chi connectivity index (χ0v) is 10.4. The first-order valence-corrected chi connectivity index (χ1v) is 6.38. The zero-order valence-electron chi connectivity index (χ0n) is 9.50. The van der Waals surface area contributed by atoms with Crippen molar-refractivity contribution in [3.05, 3.63) is 5.53 Å². The van der Waals surface area contributed by atoms with Gasteiger partial charge in [-0.15, -0.1) is 4.79 Å². The van der Waals surface area contributed by atoms with E-state index >= 15 is 0 Å². The standard InChI is InChI=1S/C8H15N2O5P/c1-4-13-8(11)7(10-9)16(12,14-5-2)15-6-3/h4-6H2,1-3H3. The van der Waals surface area contributed by atoms with Crippen LogP contribution < -0.4 is 0 Å². The minimum absolute atomic E-state index is 0.0513. The van der Waals surface area contributed by atoms with Gasteiger partial charge in [0.2, 0.25) is 0 Å². The van der Waals surface area contributed by atoms with E-state index in [1.807, 2.05) is 0 Å². The highest BCUT2D eigenvalue weighted by Gasteiger charge is 2.46. The van der Waals surface area contributed by atoms with E-state index in [4.69, 9.17) is 14.6 Å². The molecule has 0 aromatic heterocycles. The lowest BCUT2D eigenvalue weighted by Gasteiger charge is -2.11. The highest BCUT2D eigenvalue weighted by atomic mass is 31.2. The molecule has 0 aliphatic heterocycles. The zero-order chi connectivity index (χ0) is 12.6. The van der Waals surface area contributed by atoms with Crippen LogP contribution in [-0.4, -0.2) is 36.0 Å². The molecule has 0 amide bonds. The molecular formula is C8H15N2O5P. The van der Waals surface area contributed by atoms with Gasteiger partial charge in [0.05, 0.1) is 19.8 Å². The molecule has 0 radical (unpaired) electrons. The fraction of sp³-hybridized carbons (Fsp3) is 0.750. The Morgan fingerprint density at radius 1 is 1.19 bits per heavy atom. The van der Waals surface area contributed by atoms with Crippen LogP contribution in [-0.2, 0) is 23.1 Å². The third-order valence-electron chi connectivity index (χ3n) is 1.41. The third-order valence-corrected chi connectivity index (χ3v) is 3.40. The van der Waals surface area contributed by atoms with Crippen molar-refractivity contribution in [3.63, 3.8) is 0 Å². The smallest absolute Gasteiger partial charge is 0.457 e. The van der Waals surface area contributed by atoms with Gasteiger partial charge in [-0.2, -0.15) is 0 Å². The van der Waals surface area contributed by atoms with Gasteiger partial charge in [0.1, 0.15) is 0 Å². The number of hydrogen-bond acceptors (Lipinski definition) is 5. The van der Waals surface area contributed by atoms with Crippen LogP contribution in [0.25, 0.3) is 5.53 Å². The van der Waals surface area contributed by atoms with E-state index in [1.165, 1.54) is 0 Å². The quantitative estimate of drug-likeness (QED) is 0.224. The number of carbonyl (C=O) groups is 1. The molecule has 0 rings (SSSR count). The van der Waals surface area contributed by atoms with Crippen molar-refractivity contribution in [1.82, 2.24) is 0 Å². The Hall–Kier alpha value is -1.00. The predicted molar refractivity (Wildman–Crippen MR) is 56.1 cm³/mol. The molecule has 92 valence electrons. The van der Waals surface area contributed by atoms with Crippen molar-refractivity contribution >= 4 is 19.0 Å². The van der Waals surface area contributed by atoms with Crippen LogP contribution in [0.3, 0.4) is 0 Å². The van der Waals surface area contributed by atoms with Crippen LogP contribution in [0.2, 0.25) is 0 Å². The second kappa shape index (κ2) is 7.30. The Labute approximate surface area is 93.8 Å². The van der Waals surface area contributed by atoms with Crippen LogP contribution >= 0.6 is 7.60 Å². The van der Waals surface area contributed by atoms with Crippen LogP contribution in [0.4, 0.5) is 0 Å². The number of esters is 1. The summed E-state index contributed by atoms with van der Waals surface area (Å²) < 4.78 is 26.3. The molecule has 0 fully saturated rings. The number of carbonyl (C=O) groups excluding carboxylic acids is 1. The highest BCUT2D eigenvalue weighted by molar-refractivity contribution is 7.74. The predicted octanol–water partition coefficient (Wildman–Crippen LogP) is 1.44. The number of ether oxygens (including phenoxy) is 1. The normalized spacial score (nSPS) is 10.7. The topological polar surface area (TPSA) is 98.2 Å². The molecule has 0 bridgehead atoms. The van der Waals surface area contributed by atoms with E-state index in [0.29, 0.717) is 0 Å². The molecule has 0 aromatic rings. The van der Waals surface area contributed by atoms with Crippen molar-refractivity contribution in [1.29, 1.82) is 0 Å². The van der Waals surface area contributed by atoms with E-state index < -0.39 is 19.0 Å². The summed E-state index contributed by atoms with van der Waals surface area (Å²) in [6.07, 6.45) is 0. The summed E-state index contributed by atoms with van der Waals surface area (Å²) in [6, 6.07) is 0. The molecule has 7 nitrogen and oxygen atoms in total. The summed E-state index contributed by atoms with van der Waals surface area (Å²) in [5, 5.41) is 0. The molecule has 0 aromatic carbocycles. The largest absolute Gasteiger partial charge is 0.484 e. The minimum Gasteiger partial charge on any atom is -0.457 e. The average molecular weight is 250 g/mol. The maximum Gasteiger partial charge on any atom is 0.484 e. The molecule has 16 heavy (non-hydrogen) atoms. The number of nitrogens with zero attached hydrogens (tertiary/aromatic N) is 2. The first-order chi connectivity index (χ1) is 7.55. The van der Waals surface area contributed by atoms with Gasteiger partial charge >= 0.3 is 19.0 Å². The summed E-state index contributed by atoms with van der Waals surface area (Å²) in [7, 11) is -3.89. The molecule has 0 heterocycles. The Kier molecular flexibility index (Phi) is 6.85. The van der Waals surface area contributed by atoms with Gasteiger partial charge in [0, 0.05) is 0 Å². The van der Waals surface area contributed by atoms with Crippen molar-refractivity contribution in [2.75, 3.05) is 19.8 Å². The molecule has 0 spiro atoms. The summed E-state index contributed by atoms with van der Waals surface area (Å²) in [5.41, 5.74) is 7.93. The van der Waals surface area contributed by atoms with Gasteiger partial charge < -0.3 is 19.3 Å². The van der Waals surface area contributed by atoms with Gasteiger partial charge in [-0.1, -0.05) is 0 Å². The average Bonchev–Trinajstić information content (AvgIpc) is 2.19. The van der Waals surface area contributed by atoms with Crippen LogP contribution in [0.1, 0.15) is 20.8 Å². The first-order valence-electron chi connectivity index (χ1n) is 4.84.